The summed E-state index contributed by atoms with van der Waals surface area (Å²) in [6.45, 7) is 5.07. The Morgan fingerprint density at radius 2 is 2.11 bits per heavy atom. The van der Waals surface area contributed by atoms with Crippen LogP contribution in [0.1, 0.15) is 45.1 Å². The molecule has 18 heavy (non-hydrogen) atoms. The summed E-state index contributed by atoms with van der Waals surface area (Å²) in [6, 6.07) is 5.38. The third-order valence-corrected chi connectivity index (χ3v) is 3.45. The van der Waals surface area contributed by atoms with Crippen LogP contribution in [0.25, 0.3) is 0 Å². The van der Waals surface area contributed by atoms with Crippen LogP contribution in [-0.2, 0) is 6.61 Å². The van der Waals surface area contributed by atoms with Gasteiger partial charge in [0.05, 0.1) is 13.2 Å². The Labute approximate surface area is 115 Å². The Hall–Kier alpha value is -0.730. The Morgan fingerprint density at radius 1 is 1.33 bits per heavy atom. The van der Waals surface area contributed by atoms with Gasteiger partial charge in [-0.25, -0.2) is 0 Å². The van der Waals surface area contributed by atoms with Gasteiger partial charge in [-0.3, -0.25) is 0 Å². The van der Waals surface area contributed by atoms with Crippen molar-refractivity contribution in [3.63, 3.8) is 0 Å². The minimum absolute atomic E-state index is 0.0400. The van der Waals surface area contributed by atoms with Gasteiger partial charge in [-0.1, -0.05) is 44.7 Å². The number of aliphatic hydroxyl groups excluding tert-OH is 1. The molecule has 0 aromatic heterocycles. The van der Waals surface area contributed by atoms with Gasteiger partial charge in [0.15, 0.2) is 0 Å². The number of halogens is 1. The average molecular weight is 271 g/mol. The lowest BCUT2D eigenvalue weighted by Gasteiger charge is -2.17. The van der Waals surface area contributed by atoms with E-state index < -0.39 is 0 Å². The van der Waals surface area contributed by atoms with Crippen molar-refractivity contribution in [1.82, 2.24) is 0 Å². The largest absolute Gasteiger partial charge is 0.493 e. The molecular weight excluding hydrogens is 248 g/mol. The summed E-state index contributed by atoms with van der Waals surface area (Å²) >= 11 is 5.89. The maximum Gasteiger partial charge on any atom is 0.124 e. The summed E-state index contributed by atoms with van der Waals surface area (Å²) in [4.78, 5) is 0. The lowest BCUT2D eigenvalue weighted by atomic mass is 10.0. The SMILES string of the molecule is CCCCC(CC)COc1ccc(Cl)cc1CO. The van der Waals surface area contributed by atoms with Gasteiger partial charge in [-0.2, -0.15) is 0 Å². The molecule has 0 spiro atoms. The van der Waals surface area contributed by atoms with Gasteiger partial charge in [-0.05, 0) is 30.5 Å². The molecule has 0 bridgehead atoms. The van der Waals surface area contributed by atoms with Gasteiger partial charge in [0.1, 0.15) is 5.75 Å². The Balaban J connectivity index is 2.56. The molecule has 0 radical (unpaired) electrons. The molecule has 0 aliphatic carbocycles. The summed E-state index contributed by atoms with van der Waals surface area (Å²) < 4.78 is 5.81. The second-order valence-electron chi connectivity index (χ2n) is 4.64. The van der Waals surface area contributed by atoms with E-state index in [1.165, 1.54) is 19.3 Å². The number of benzene rings is 1. The second-order valence-corrected chi connectivity index (χ2v) is 5.07. The van der Waals surface area contributed by atoms with Crippen LogP contribution >= 0.6 is 11.6 Å². The van der Waals surface area contributed by atoms with E-state index in [9.17, 15) is 5.11 Å². The molecule has 1 aromatic carbocycles. The highest BCUT2D eigenvalue weighted by Gasteiger charge is 2.09. The second kappa shape index (κ2) is 8.39. The monoisotopic (exact) mass is 270 g/mol. The summed E-state index contributed by atoms with van der Waals surface area (Å²) in [7, 11) is 0. The number of unbranched alkanes of at least 4 members (excludes halogenated alkanes) is 1. The van der Waals surface area contributed by atoms with Crippen LogP contribution in [0, 0.1) is 5.92 Å². The van der Waals surface area contributed by atoms with E-state index in [1.807, 2.05) is 6.07 Å². The van der Waals surface area contributed by atoms with Crippen LogP contribution in [0.3, 0.4) is 0 Å². The van der Waals surface area contributed by atoms with Crippen molar-refractivity contribution in [3.05, 3.63) is 28.8 Å². The molecule has 0 heterocycles. The van der Waals surface area contributed by atoms with Gasteiger partial charge in [0, 0.05) is 10.6 Å². The van der Waals surface area contributed by atoms with E-state index in [1.54, 1.807) is 12.1 Å². The first-order valence-electron chi connectivity index (χ1n) is 6.73. The smallest absolute Gasteiger partial charge is 0.124 e. The molecule has 0 aliphatic rings. The first-order chi connectivity index (χ1) is 8.71. The minimum Gasteiger partial charge on any atom is -0.493 e. The summed E-state index contributed by atoms with van der Waals surface area (Å²) in [5.41, 5.74) is 0.757. The summed E-state index contributed by atoms with van der Waals surface area (Å²) in [5.74, 6) is 1.34. The third-order valence-electron chi connectivity index (χ3n) is 3.21. The Morgan fingerprint density at radius 3 is 2.72 bits per heavy atom. The van der Waals surface area contributed by atoms with Crippen molar-refractivity contribution in [1.29, 1.82) is 0 Å². The van der Waals surface area contributed by atoms with Crippen LogP contribution < -0.4 is 4.74 Å². The topological polar surface area (TPSA) is 29.5 Å². The molecular formula is C15H23ClO2. The number of hydrogen-bond acceptors (Lipinski definition) is 2. The number of ether oxygens (including phenoxy) is 1. The van der Waals surface area contributed by atoms with Crippen molar-refractivity contribution in [2.75, 3.05) is 6.61 Å². The van der Waals surface area contributed by atoms with Gasteiger partial charge in [-0.15, -0.1) is 0 Å². The van der Waals surface area contributed by atoms with Crippen molar-refractivity contribution in [2.45, 2.75) is 46.1 Å². The molecule has 0 amide bonds. The van der Waals surface area contributed by atoms with Gasteiger partial charge in [0.2, 0.25) is 0 Å². The van der Waals surface area contributed by atoms with Crippen molar-refractivity contribution in [2.24, 2.45) is 5.92 Å². The zero-order valence-electron chi connectivity index (χ0n) is 11.3. The lowest BCUT2D eigenvalue weighted by molar-refractivity contribution is 0.221. The predicted octanol–water partition coefficient (Wildman–Crippen LogP) is 4.43. The molecule has 1 rings (SSSR count). The van der Waals surface area contributed by atoms with E-state index in [0.717, 1.165) is 17.7 Å². The van der Waals surface area contributed by atoms with Crippen LogP contribution in [0.2, 0.25) is 5.02 Å². The standard InChI is InChI=1S/C15H23ClO2/c1-3-5-6-12(4-2)11-18-15-8-7-14(16)9-13(15)10-17/h7-9,12,17H,3-6,10-11H2,1-2H3. The van der Waals surface area contributed by atoms with E-state index in [2.05, 4.69) is 13.8 Å². The van der Waals surface area contributed by atoms with Gasteiger partial charge < -0.3 is 9.84 Å². The van der Waals surface area contributed by atoms with Crippen molar-refractivity contribution in [3.8, 4) is 5.75 Å². The highest BCUT2D eigenvalue weighted by molar-refractivity contribution is 6.30. The number of hydrogen-bond donors (Lipinski definition) is 1. The number of aliphatic hydroxyl groups is 1. The predicted molar refractivity (Wildman–Crippen MR) is 76.2 cm³/mol. The zero-order valence-corrected chi connectivity index (χ0v) is 12.0. The van der Waals surface area contributed by atoms with E-state index in [0.29, 0.717) is 17.5 Å². The fourth-order valence-corrected chi connectivity index (χ4v) is 2.11. The van der Waals surface area contributed by atoms with Crippen molar-refractivity contribution >= 4 is 11.6 Å². The van der Waals surface area contributed by atoms with Crippen LogP contribution in [0.15, 0.2) is 18.2 Å². The first kappa shape index (κ1) is 15.3. The number of rotatable bonds is 8. The van der Waals surface area contributed by atoms with Crippen LogP contribution in [0.5, 0.6) is 5.75 Å². The fourth-order valence-electron chi connectivity index (χ4n) is 1.92. The molecule has 1 N–H and O–H groups in total. The molecule has 0 saturated heterocycles. The fraction of sp³-hybridized carbons (Fsp3) is 0.600. The minimum atomic E-state index is -0.0400. The highest BCUT2D eigenvalue weighted by Crippen LogP contribution is 2.24. The molecule has 1 atom stereocenters. The molecule has 0 saturated carbocycles. The van der Waals surface area contributed by atoms with E-state index >= 15 is 0 Å². The van der Waals surface area contributed by atoms with Crippen LogP contribution in [0.4, 0.5) is 0 Å². The third kappa shape index (κ3) is 4.87. The molecule has 2 nitrogen and oxygen atoms in total. The maximum atomic E-state index is 9.27. The van der Waals surface area contributed by atoms with Crippen molar-refractivity contribution < 1.29 is 9.84 Å². The molecule has 1 aromatic rings. The van der Waals surface area contributed by atoms with Gasteiger partial charge >= 0.3 is 0 Å². The van der Waals surface area contributed by atoms with E-state index in [-0.39, 0.29) is 6.61 Å². The van der Waals surface area contributed by atoms with E-state index in [4.69, 9.17) is 16.3 Å². The lowest BCUT2D eigenvalue weighted by Crippen LogP contribution is -2.12. The molecule has 0 fully saturated rings. The maximum absolute atomic E-state index is 9.27. The van der Waals surface area contributed by atoms with Crippen LogP contribution in [-0.4, -0.2) is 11.7 Å². The van der Waals surface area contributed by atoms with Gasteiger partial charge in [0.25, 0.3) is 0 Å². The molecule has 1 unspecified atom stereocenters. The molecule has 0 aliphatic heterocycles. The Kier molecular flexibility index (Phi) is 7.14. The highest BCUT2D eigenvalue weighted by atomic mass is 35.5. The Bertz CT molecular complexity index is 352. The molecule has 102 valence electrons. The normalized spacial score (nSPS) is 12.4. The molecule has 3 heteroatoms. The zero-order chi connectivity index (χ0) is 13.4. The first-order valence-corrected chi connectivity index (χ1v) is 7.11. The average Bonchev–Trinajstić information content (AvgIpc) is 2.40. The quantitative estimate of drug-likeness (QED) is 0.757. The summed E-state index contributed by atoms with van der Waals surface area (Å²) in [6.07, 6.45) is 4.80. The summed E-state index contributed by atoms with van der Waals surface area (Å²) in [5, 5.41) is 9.90.